The highest BCUT2D eigenvalue weighted by Crippen LogP contribution is 2.30. The third-order valence-corrected chi connectivity index (χ3v) is 5.77. The Bertz CT molecular complexity index is 774. The van der Waals surface area contributed by atoms with Gasteiger partial charge in [0, 0.05) is 11.1 Å². The zero-order valence-electron chi connectivity index (χ0n) is 15.3. The van der Waals surface area contributed by atoms with Crippen molar-refractivity contribution in [3.05, 3.63) is 41.0 Å². The molecule has 0 unspecified atom stereocenters. The predicted octanol–water partition coefficient (Wildman–Crippen LogP) is 3.00. The quantitative estimate of drug-likeness (QED) is 0.813. The first-order valence-electron chi connectivity index (χ1n) is 8.71. The molecule has 0 atom stereocenters. The third-order valence-electron chi connectivity index (χ3n) is 4.11. The summed E-state index contributed by atoms with van der Waals surface area (Å²) in [7, 11) is -3.36. The van der Waals surface area contributed by atoms with Crippen molar-refractivity contribution >= 4 is 21.5 Å². The van der Waals surface area contributed by atoms with Crippen LogP contribution in [0, 0.1) is 0 Å². The first kappa shape index (κ1) is 19.7. The summed E-state index contributed by atoms with van der Waals surface area (Å²) in [5, 5.41) is 0. The largest absolute Gasteiger partial charge is 0.366 e. The smallest absolute Gasteiger partial charge is 0.249 e. The van der Waals surface area contributed by atoms with E-state index < -0.39 is 21.5 Å². The molecule has 0 spiro atoms. The number of carbonyl (C=O) groups is 1. The van der Waals surface area contributed by atoms with Crippen molar-refractivity contribution < 1.29 is 13.2 Å². The second-order valence-corrected chi connectivity index (χ2v) is 9.48. The van der Waals surface area contributed by atoms with E-state index in [9.17, 15) is 13.2 Å². The molecule has 2 rings (SSSR count). The minimum atomic E-state index is -3.36. The molecule has 1 aliphatic carbocycles. The maximum atomic E-state index is 12.2. The summed E-state index contributed by atoms with van der Waals surface area (Å²) in [6.07, 6.45) is 6.73. The number of amides is 1. The Morgan fingerprint density at radius 1 is 1.24 bits per heavy atom. The Labute approximate surface area is 150 Å². The summed E-state index contributed by atoms with van der Waals surface area (Å²) in [5.74, 6) is -0.436. The van der Waals surface area contributed by atoms with Crippen molar-refractivity contribution in [1.82, 2.24) is 4.72 Å². The monoisotopic (exact) mass is 364 g/mol. The van der Waals surface area contributed by atoms with Gasteiger partial charge in [0.05, 0.1) is 5.75 Å². The summed E-state index contributed by atoms with van der Waals surface area (Å²) in [6, 6.07) is 5.43. The molecule has 0 aromatic heterocycles. The van der Waals surface area contributed by atoms with Crippen LogP contribution in [0.4, 0.5) is 0 Å². The van der Waals surface area contributed by atoms with Gasteiger partial charge in [-0.3, -0.25) is 4.79 Å². The summed E-state index contributed by atoms with van der Waals surface area (Å²) < 4.78 is 27.0. The lowest BCUT2D eigenvalue weighted by Crippen LogP contribution is -2.42. The zero-order chi connectivity index (χ0) is 18.7. The number of primary amides is 1. The van der Waals surface area contributed by atoms with E-state index in [2.05, 4.69) is 10.8 Å². The van der Waals surface area contributed by atoms with E-state index in [0.29, 0.717) is 12.0 Å². The highest BCUT2D eigenvalue weighted by atomic mass is 32.2. The Balaban J connectivity index is 2.22. The topological polar surface area (TPSA) is 89.3 Å². The van der Waals surface area contributed by atoms with Gasteiger partial charge >= 0.3 is 0 Å². The lowest BCUT2D eigenvalue weighted by molar-refractivity contribution is 0.1000. The van der Waals surface area contributed by atoms with Crippen LogP contribution >= 0.6 is 0 Å². The lowest BCUT2D eigenvalue weighted by Gasteiger charge is -2.20. The molecular weight excluding hydrogens is 336 g/mol. The van der Waals surface area contributed by atoms with Crippen molar-refractivity contribution in [2.45, 2.75) is 58.4 Å². The first-order valence-corrected chi connectivity index (χ1v) is 10.4. The number of nitrogens with two attached hydrogens (primary N) is 1. The van der Waals surface area contributed by atoms with Gasteiger partial charge in [-0.15, -0.1) is 0 Å². The molecule has 0 saturated carbocycles. The van der Waals surface area contributed by atoms with Crippen molar-refractivity contribution in [1.29, 1.82) is 0 Å². The van der Waals surface area contributed by atoms with Gasteiger partial charge in [-0.1, -0.05) is 18.2 Å². The number of rotatable bonds is 6. The zero-order valence-corrected chi connectivity index (χ0v) is 16.1. The van der Waals surface area contributed by atoms with Gasteiger partial charge in [-0.2, -0.15) is 0 Å². The molecule has 0 aliphatic heterocycles. The molecule has 25 heavy (non-hydrogen) atoms. The van der Waals surface area contributed by atoms with Crippen LogP contribution < -0.4 is 10.5 Å². The standard InChI is InChI=1S/C19H28N2O3S/c1-19(2,3)21-25(23,24)12-11-14-9-10-16(18(20)22)17(13-14)15-7-5-4-6-8-15/h7,9-10,13,21H,4-6,8,11-12H2,1-3H3,(H2,20,22). The van der Waals surface area contributed by atoms with Crippen molar-refractivity contribution in [3.8, 4) is 0 Å². The van der Waals surface area contributed by atoms with Crippen LogP contribution in [0.2, 0.25) is 0 Å². The van der Waals surface area contributed by atoms with Crippen LogP contribution in [0.5, 0.6) is 0 Å². The van der Waals surface area contributed by atoms with Gasteiger partial charge in [0.25, 0.3) is 0 Å². The van der Waals surface area contributed by atoms with Crippen LogP contribution in [0.15, 0.2) is 24.3 Å². The number of sulfonamides is 1. The van der Waals surface area contributed by atoms with E-state index in [1.165, 1.54) is 0 Å². The first-order chi connectivity index (χ1) is 11.6. The van der Waals surface area contributed by atoms with Crippen molar-refractivity contribution in [2.24, 2.45) is 5.73 Å². The van der Waals surface area contributed by atoms with E-state index in [-0.39, 0.29) is 5.75 Å². The summed E-state index contributed by atoms with van der Waals surface area (Å²) in [6.45, 7) is 5.46. The summed E-state index contributed by atoms with van der Waals surface area (Å²) in [5.41, 5.74) is 8.41. The molecular formula is C19H28N2O3S. The van der Waals surface area contributed by atoms with E-state index in [1.807, 2.05) is 26.8 Å². The molecule has 3 N–H and O–H groups in total. The second-order valence-electron chi connectivity index (χ2n) is 7.64. The highest BCUT2D eigenvalue weighted by molar-refractivity contribution is 7.89. The van der Waals surface area contributed by atoms with Crippen molar-refractivity contribution in [2.75, 3.05) is 5.75 Å². The number of carbonyl (C=O) groups excluding carboxylic acids is 1. The van der Waals surface area contributed by atoms with E-state index >= 15 is 0 Å². The van der Waals surface area contributed by atoms with Crippen LogP contribution in [0.1, 0.15) is 67.9 Å². The molecule has 0 bridgehead atoms. The van der Waals surface area contributed by atoms with Gasteiger partial charge in [0.1, 0.15) is 0 Å². The van der Waals surface area contributed by atoms with Gasteiger partial charge in [-0.05, 0) is 75.6 Å². The molecule has 0 fully saturated rings. The fraction of sp³-hybridized carbons (Fsp3) is 0.526. The lowest BCUT2D eigenvalue weighted by atomic mass is 9.89. The van der Waals surface area contributed by atoms with Gasteiger partial charge in [0.15, 0.2) is 0 Å². The average molecular weight is 365 g/mol. The van der Waals surface area contributed by atoms with E-state index in [1.54, 1.807) is 12.1 Å². The minimum Gasteiger partial charge on any atom is -0.366 e. The van der Waals surface area contributed by atoms with Crippen LogP contribution in [-0.4, -0.2) is 25.6 Å². The Hall–Kier alpha value is -1.66. The van der Waals surface area contributed by atoms with Gasteiger partial charge in [0.2, 0.25) is 15.9 Å². The van der Waals surface area contributed by atoms with Gasteiger partial charge in [-0.25, -0.2) is 13.1 Å². The molecule has 6 heteroatoms. The Morgan fingerprint density at radius 3 is 2.52 bits per heavy atom. The molecule has 0 heterocycles. The number of aryl methyl sites for hydroxylation is 1. The molecule has 138 valence electrons. The summed E-state index contributed by atoms with van der Waals surface area (Å²) in [4.78, 5) is 11.7. The highest BCUT2D eigenvalue weighted by Gasteiger charge is 2.20. The van der Waals surface area contributed by atoms with Crippen molar-refractivity contribution in [3.63, 3.8) is 0 Å². The third kappa shape index (κ3) is 5.97. The number of hydrogen-bond acceptors (Lipinski definition) is 3. The van der Waals surface area contributed by atoms with E-state index in [4.69, 9.17) is 5.73 Å². The fourth-order valence-corrected chi connectivity index (χ4v) is 4.62. The minimum absolute atomic E-state index is 0.0126. The molecule has 0 saturated heterocycles. The average Bonchev–Trinajstić information content (AvgIpc) is 2.51. The Kier molecular flexibility index (Phi) is 6.06. The van der Waals surface area contributed by atoms with Crippen LogP contribution in [0.3, 0.4) is 0 Å². The fourth-order valence-electron chi connectivity index (χ4n) is 3.08. The normalized spacial score (nSPS) is 15.7. The maximum absolute atomic E-state index is 12.2. The molecule has 1 aromatic rings. The second kappa shape index (κ2) is 7.70. The number of allylic oxidation sites excluding steroid dienone is 2. The molecule has 1 aliphatic rings. The van der Waals surface area contributed by atoms with Crippen LogP contribution in [-0.2, 0) is 16.4 Å². The molecule has 1 amide bonds. The van der Waals surface area contributed by atoms with Gasteiger partial charge < -0.3 is 5.73 Å². The molecule has 0 radical (unpaired) electrons. The molecule has 1 aromatic carbocycles. The number of nitrogens with one attached hydrogen (secondary N) is 1. The predicted molar refractivity (Wildman–Crippen MR) is 102 cm³/mol. The van der Waals surface area contributed by atoms with Crippen LogP contribution in [0.25, 0.3) is 5.57 Å². The maximum Gasteiger partial charge on any atom is 0.249 e. The SMILES string of the molecule is CC(C)(C)NS(=O)(=O)CCc1ccc(C(N)=O)c(C2=CCCCC2)c1. The summed E-state index contributed by atoms with van der Waals surface area (Å²) >= 11 is 0. The number of benzene rings is 1. The molecule has 5 nitrogen and oxygen atoms in total. The Morgan fingerprint density at radius 2 is 1.96 bits per heavy atom. The number of hydrogen-bond donors (Lipinski definition) is 2. The van der Waals surface area contributed by atoms with E-state index in [0.717, 1.165) is 42.4 Å².